The van der Waals surface area contributed by atoms with Crippen molar-refractivity contribution in [3.05, 3.63) is 68.8 Å². The van der Waals surface area contributed by atoms with Gasteiger partial charge in [0.1, 0.15) is 0 Å². The number of hydrogen-bond donors (Lipinski definition) is 1. The molecule has 2 rings (SSSR count). The summed E-state index contributed by atoms with van der Waals surface area (Å²) in [5.74, 6) is 1.99. The zero-order valence-electron chi connectivity index (χ0n) is 21.4. The first-order chi connectivity index (χ1) is 13.7. The Morgan fingerprint density at radius 3 is 1.20 bits per heavy atom. The number of hydrogen-bond acceptors (Lipinski definition) is 1. The molecular formula is C29H45N. The second-order valence-electron chi connectivity index (χ2n) is 11.1. The van der Waals surface area contributed by atoms with E-state index in [1.54, 1.807) is 0 Å². The summed E-state index contributed by atoms with van der Waals surface area (Å²) in [6.07, 6.45) is 0.977. The molecule has 166 valence electrons. The lowest BCUT2D eigenvalue weighted by Gasteiger charge is -2.30. The van der Waals surface area contributed by atoms with Gasteiger partial charge in [0.25, 0.3) is 0 Å². The van der Waals surface area contributed by atoms with E-state index < -0.39 is 0 Å². The smallest absolute Gasteiger partial charge is 0.0358 e. The summed E-state index contributed by atoms with van der Waals surface area (Å²) in [6.45, 7) is 25.0. The first-order valence-electron chi connectivity index (χ1n) is 11.8. The summed E-state index contributed by atoms with van der Waals surface area (Å²) in [4.78, 5) is 0. The standard InChI is InChI=1S/C29H45N/c1-17(2)24-13-22(14-25(18(3)4)21(24)9)12-23-15-26(19(5)6)28(29(10,11)30)27(16-23)20(7)8/h13-20H,12,30H2,1-11H3. The lowest BCUT2D eigenvalue weighted by atomic mass is 9.78. The summed E-state index contributed by atoms with van der Waals surface area (Å²) in [5.41, 5.74) is 17.8. The van der Waals surface area contributed by atoms with E-state index in [0.29, 0.717) is 23.7 Å². The quantitative estimate of drug-likeness (QED) is 0.491. The van der Waals surface area contributed by atoms with Gasteiger partial charge in [0, 0.05) is 5.54 Å². The highest BCUT2D eigenvalue weighted by atomic mass is 14.7. The molecule has 0 bridgehead atoms. The molecule has 0 unspecified atom stereocenters. The van der Waals surface area contributed by atoms with Crippen molar-refractivity contribution < 1.29 is 0 Å². The molecule has 0 aliphatic heterocycles. The van der Waals surface area contributed by atoms with Gasteiger partial charge >= 0.3 is 0 Å². The molecule has 0 saturated heterocycles. The molecule has 0 fully saturated rings. The largest absolute Gasteiger partial charge is 0.322 e. The predicted octanol–water partition coefficient (Wildman–Crippen LogP) is 8.27. The number of benzene rings is 2. The summed E-state index contributed by atoms with van der Waals surface area (Å²) >= 11 is 0. The first-order valence-corrected chi connectivity index (χ1v) is 11.8. The fraction of sp³-hybridized carbons (Fsp3) is 0.586. The van der Waals surface area contributed by atoms with E-state index in [4.69, 9.17) is 5.73 Å². The average Bonchev–Trinajstić information content (AvgIpc) is 2.60. The van der Waals surface area contributed by atoms with Crippen molar-refractivity contribution in [2.45, 2.75) is 112 Å². The van der Waals surface area contributed by atoms with Gasteiger partial charge in [-0.1, -0.05) is 79.7 Å². The Hall–Kier alpha value is -1.60. The molecule has 0 spiro atoms. The van der Waals surface area contributed by atoms with Crippen molar-refractivity contribution in [1.82, 2.24) is 0 Å². The van der Waals surface area contributed by atoms with Crippen LogP contribution in [-0.4, -0.2) is 0 Å². The second-order valence-corrected chi connectivity index (χ2v) is 11.1. The third-order valence-corrected chi connectivity index (χ3v) is 6.35. The molecule has 0 radical (unpaired) electrons. The van der Waals surface area contributed by atoms with Crippen LogP contribution < -0.4 is 5.73 Å². The molecule has 2 aromatic rings. The summed E-state index contributed by atoms with van der Waals surface area (Å²) < 4.78 is 0. The van der Waals surface area contributed by atoms with Crippen LogP contribution in [0.2, 0.25) is 0 Å². The van der Waals surface area contributed by atoms with E-state index in [0.717, 1.165) is 6.42 Å². The highest BCUT2D eigenvalue weighted by molar-refractivity contribution is 5.49. The van der Waals surface area contributed by atoms with Crippen LogP contribution in [0.5, 0.6) is 0 Å². The van der Waals surface area contributed by atoms with Gasteiger partial charge in [-0.05, 0) is 95.4 Å². The van der Waals surface area contributed by atoms with E-state index in [2.05, 4.69) is 100 Å². The molecule has 0 saturated carbocycles. The van der Waals surface area contributed by atoms with Crippen LogP contribution in [0.1, 0.15) is 137 Å². The fourth-order valence-electron chi connectivity index (χ4n) is 4.87. The third-order valence-electron chi connectivity index (χ3n) is 6.35. The van der Waals surface area contributed by atoms with Crippen LogP contribution in [0, 0.1) is 6.92 Å². The Morgan fingerprint density at radius 1 is 0.633 bits per heavy atom. The van der Waals surface area contributed by atoms with E-state index >= 15 is 0 Å². The molecule has 0 aromatic heterocycles. The van der Waals surface area contributed by atoms with Crippen molar-refractivity contribution in [2.75, 3.05) is 0 Å². The third kappa shape index (κ3) is 5.35. The normalized spacial score (nSPS) is 12.7. The van der Waals surface area contributed by atoms with E-state index in [1.165, 1.54) is 44.5 Å². The van der Waals surface area contributed by atoms with Gasteiger partial charge in [-0.25, -0.2) is 0 Å². The van der Waals surface area contributed by atoms with Crippen molar-refractivity contribution in [3.63, 3.8) is 0 Å². The van der Waals surface area contributed by atoms with Crippen LogP contribution >= 0.6 is 0 Å². The second kappa shape index (κ2) is 9.27. The minimum Gasteiger partial charge on any atom is -0.322 e. The van der Waals surface area contributed by atoms with Gasteiger partial charge in [0.15, 0.2) is 0 Å². The van der Waals surface area contributed by atoms with Crippen molar-refractivity contribution in [1.29, 1.82) is 0 Å². The monoisotopic (exact) mass is 407 g/mol. The van der Waals surface area contributed by atoms with E-state index in [9.17, 15) is 0 Å². The Bertz CT molecular complexity index is 818. The van der Waals surface area contributed by atoms with Gasteiger partial charge in [-0.3, -0.25) is 0 Å². The molecule has 1 heteroatoms. The lowest BCUT2D eigenvalue weighted by Crippen LogP contribution is -2.32. The maximum atomic E-state index is 6.66. The van der Waals surface area contributed by atoms with Crippen LogP contribution in [0.25, 0.3) is 0 Å². The zero-order chi connectivity index (χ0) is 23.0. The van der Waals surface area contributed by atoms with Crippen molar-refractivity contribution >= 4 is 0 Å². The van der Waals surface area contributed by atoms with Crippen LogP contribution in [0.3, 0.4) is 0 Å². The van der Waals surface area contributed by atoms with Crippen LogP contribution in [-0.2, 0) is 12.0 Å². The topological polar surface area (TPSA) is 26.0 Å². The minimum atomic E-state index is -0.336. The van der Waals surface area contributed by atoms with Crippen LogP contribution in [0.15, 0.2) is 24.3 Å². The summed E-state index contributed by atoms with van der Waals surface area (Å²) in [7, 11) is 0. The zero-order valence-corrected chi connectivity index (χ0v) is 21.4. The van der Waals surface area contributed by atoms with Crippen molar-refractivity contribution in [2.24, 2.45) is 5.73 Å². The Morgan fingerprint density at radius 2 is 0.933 bits per heavy atom. The fourth-order valence-corrected chi connectivity index (χ4v) is 4.87. The lowest BCUT2D eigenvalue weighted by molar-refractivity contribution is 0.532. The first kappa shape index (κ1) is 24.7. The average molecular weight is 408 g/mol. The van der Waals surface area contributed by atoms with Crippen molar-refractivity contribution in [3.8, 4) is 0 Å². The molecular weight excluding hydrogens is 362 g/mol. The number of nitrogens with two attached hydrogens (primary N) is 1. The van der Waals surface area contributed by atoms with Gasteiger partial charge in [0.2, 0.25) is 0 Å². The molecule has 0 aliphatic rings. The predicted molar refractivity (Wildman–Crippen MR) is 134 cm³/mol. The summed E-state index contributed by atoms with van der Waals surface area (Å²) in [5, 5.41) is 0. The Kier molecular flexibility index (Phi) is 7.62. The maximum absolute atomic E-state index is 6.66. The summed E-state index contributed by atoms with van der Waals surface area (Å²) in [6, 6.07) is 9.72. The molecule has 2 aromatic carbocycles. The highest BCUT2D eigenvalue weighted by Gasteiger charge is 2.26. The minimum absolute atomic E-state index is 0.336. The highest BCUT2D eigenvalue weighted by Crippen LogP contribution is 2.36. The van der Waals surface area contributed by atoms with E-state index in [-0.39, 0.29) is 5.54 Å². The Balaban J connectivity index is 2.67. The van der Waals surface area contributed by atoms with Gasteiger partial charge < -0.3 is 5.73 Å². The molecule has 0 amide bonds. The molecule has 0 aliphatic carbocycles. The van der Waals surface area contributed by atoms with Gasteiger partial charge in [-0.2, -0.15) is 0 Å². The molecule has 1 nitrogen and oxygen atoms in total. The number of rotatable bonds is 7. The Labute approximate surface area is 186 Å². The molecule has 2 N–H and O–H groups in total. The van der Waals surface area contributed by atoms with Gasteiger partial charge in [0.05, 0.1) is 0 Å². The van der Waals surface area contributed by atoms with E-state index in [1.807, 2.05) is 0 Å². The SMILES string of the molecule is Cc1c(C(C)C)cc(Cc2cc(C(C)C)c(C(C)(C)N)c(C(C)C)c2)cc1C(C)C. The molecule has 30 heavy (non-hydrogen) atoms. The van der Waals surface area contributed by atoms with Gasteiger partial charge in [-0.15, -0.1) is 0 Å². The molecule has 0 heterocycles. The maximum Gasteiger partial charge on any atom is 0.0358 e. The molecule has 0 atom stereocenters. The van der Waals surface area contributed by atoms with Crippen LogP contribution in [0.4, 0.5) is 0 Å².